The molecule has 14 heavy (non-hydrogen) atoms. The van der Waals surface area contributed by atoms with Crippen LogP contribution in [0.1, 0.15) is 67.2 Å². The predicted octanol–water partition coefficient (Wildman–Crippen LogP) is 4.00. The van der Waals surface area contributed by atoms with Crippen LogP contribution in [0.4, 0.5) is 0 Å². The lowest BCUT2D eigenvalue weighted by atomic mass is 9.67. The molecule has 0 saturated carbocycles. The van der Waals surface area contributed by atoms with Crippen LogP contribution in [-0.4, -0.2) is 10.7 Å². The Hall–Kier alpha value is -0.0400. The summed E-state index contributed by atoms with van der Waals surface area (Å²) in [4.78, 5) is 0. The Morgan fingerprint density at radius 1 is 1.07 bits per heavy atom. The Kier molecular flexibility index (Phi) is 5.14. The first-order chi connectivity index (χ1) is 6.23. The molecule has 0 aliphatic heterocycles. The van der Waals surface area contributed by atoms with Crippen LogP contribution in [0.3, 0.4) is 0 Å². The first-order valence-electron chi connectivity index (χ1n) is 5.95. The maximum atomic E-state index is 10.1. The zero-order chi connectivity index (χ0) is 11.4. The molecule has 0 aliphatic rings. The molecule has 1 N–H and O–H groups in total. The molecule has 86 valence electrons. The summed E-state index contributed by atoms with van der Waals surface area (Å²) < 4.78 is 0. The fourth-order valence-corrected chi connectivity index (χ4v) is 1.66. The Morgan fingerprint density at radius 3 is 1.93 bits per heavy atom. The Bertz CT molecular complexity index is 153. The van der Waals surface area contributed by atoms with Gasteiger partial charge in [0.1, 0.15) is 0 Å². The third-order valence-corrected chi connectivity index (χ3v) is 4.05. The van der Waals surface area contributed by atoms with Gasteiger partial charge in [0.25, 0.3) is 0 Å². The number of aliphatic hydroxyl groups is 1. The van der Waals surface area contributed by atoms with Gasteiger partial charge in [0.05, 0.1) is 5.60 Å². The number of hydrogen-bond acceptors (Lipinski definition) is 1. The van der Waals surface area contributed by atoms with E-state index in [0.717, 1.165) is 0 Å². The van der Waals surface area contributed by atoms with Crippen LogP contribution in [0.25, 0.3) is 0 Å². The topological polar surface area (TPSA) is 20.2 Å². The fourth-order valence-electron chi connectivity index (χ4n) is 1.66. The van der Waals surface area contributed by atoms with Crippen LogP contribution in [0.5, 0.6) is 0 Å². The van der Waals surface area contributed by atoms with E-state index in [4.69, 9.17) is 0 Å². The summed E-state index contributed by atoms with van der Waals surface area (Å²) in [6, 6.07) is 0. The summed E-state index contributed by atoms with van der Waals surface area (Å²) in [5, 5.41) is 10.1. The molecule has 1 atom stereocenters. The number of rotatable bonds is 6. The lowest BCUT2D eigenvalue weighted by Gasteiger charge is -2.42. The average molecular weight is 200 g/mol. The lowest BCUT2D eigenvalue weighted by Crippen LogP contribution is -2.43. The summed E-state index contributed by atoms with van der Waals surface area (Å²) in [5.74, 6) is 0.578. The SMILES string of the molecule is CCCCCC(C)C(C)(C)C(C)(C)O. The van der Waals surface area contributed by atoms with Gasteiger partial charge in [-0.05, 0) is 25.2 Å². The molecule has 0 bridgehead atoms. The molecule has 1 unspecified atom stereocenters. The van der Waals surface area contributed by atoms with Crippen molar-refractivity contribution >= 4 is 0 Å². The van der Waals surface area contributed by atoms with Crippen LogP contribution in [-0.2, 0) is 0 Å². The van der Waals surface area contributed by atoms with Crippen molar-refractivity contribution in [3.8, 4) is 0 Å². The van der Waals surface area contributed by atoms with Crippen LogP contribution in [0, 0.1) is 11.3 Å². The largest absolute Gasteiger partial charge is 0.390 e. The molecular formula is C13H28O. The molecule has 0 spiro atoms. The molecule has 0 saturated heterocycles. The quantitative estimate of drug-likeness (QED) is 0.643. The van der Waals surface area contributed by atoms with E-state index >= 15 is 0 Å². The highest BCUT2D eigenvalue weighted by molar-refractivity contribution is 4.89. The summed E-state index contributed by atoms with van der Waals surface area (Å²) in [6.07, 6.45) is 5.10. The van der Waals surface area contributed by atoms with Gasteiger partial charge in [-0.25, -0.2) is 0 Å². The highest BCUT2D eigenvalue weighted by atomic mass is 16.3. The third kappa shape index (κ3) is 3.61. The van der Waals surface area contributed by atoms with Gasteiger partial charge >= 0.3 is 0 Å². The van der Waals surface area contributed by atoms with Crippen molar-refractivity contribution in [3.05, 3.63) is 0 Å². The Balaban J connectivity index is 4.15. The Morgan fingerprint density at radius 2 is 1.57 bits per heavy atom. The van der Waals surface area contributed by atoms with E-state index in [1.807, 2.05) is 13.8 Å². The van der Waals surface area contributed by atoms with E-state index in [2.05, 4.69) is 27.7 Å². The van der Waals surface area contributed by atoms with Crippen molar-refractivity contribution in [1.82, 2.24) is 0 Å². The second-order valence-electron chi connectivity index (χ2n) is 5.68. The second-order valence-corrected chi connectivity index (χ2v) is 5.68. The van der Waals surface area contributed by atoms with Crippen molar-refractivity contribution in [1.29, 1.82) is 0 Å². The van der Waals surface area contributed by atoms with Gasteiger partial charge in [-0.3, -0.25) is 0 Å². The summed E-state index contributed by atoms with van der Waals surface area (Å²) in [6.45, 7) is 12.7. The molecule has 0 heterocycles. The van der Waals surface area contributed by atoms with Gasteiger partial charge in [0.2, 0.25) is 0 Å². The molecule has 1 heteroatoms. The molecule has 0 aliphatic carbocycles. The maximum absolute atomic E-state index is 10.1. The first-order valence-corrected chi connectivity index (χ1v) is 5.95. The molecule has 0 rings (SSSR count). The van der Waals surface area contributed by atoms with Crippen LogP contribution >= 0.6 is 0 Å². The van der Waals surface area contributed by atoms with E-state index in [1.54, 1.807) is 0 Å². The monoisotopic (exact) mass is 200 g/mol. The molecule has 0 amide bonds. The molecule has 0 radical (unpaired) electrons. The van der Waals surface area contributed by atoms with E-state index in [1.165, 1.54) is 25.7 Å². The van der Waals surface area contributed by atoms with Gasteiger partial charge in [0.15, 0.2) is 0 Å². The van der Waals surface area contributed by atoms with Crippen molar-refractivity contribution in [2.75, 3.05) is 0 Å². The zero-order valence-electron chi connectivity index (χ0n) is 10.9. The standard InChI is InChI=1S/C13H28O/c1-7-8-9-10-11(2)12(3,4)13(5,6)14/h11,14H,7-10H2,1-6H3. The van der Waals surface area contributed by atoms with Crippen molar-refractivity contribution in [3.63, 3.8) is 0 Å². The van der Waals surface area contributed by atoms with Crippen LogP contribution in [0.15, 0.2) is 0 Å². The molecule has 0 aromatic heterocycles. The van der Waals surface area contributed by atoms with Gasteiger partial charge in [-0.2, -0.15) is 0 Å². The third-order valence-electron chi connectivity index (χ3n) is 4.05. The number of hydrogen-bond donors (Lipinski definition) is 1. The highest BCUT2D eigenvalue weighted by Crippen LogP contribution is 2.40. The zero-order valence-corrected chi connectivity index (χ0v) is 10.9. The first kappa shape index (κ1) is 14.0. The number of unbranched alkanes of at least 4 members (excludes halogenated alkanes) is 2. The Labute approximate surface area is 89.9 Å². The lowest BCUT2D eigenvalue weighted by molar-refractivity contribution is -0.0667. The molecule has 0 fully saturated rings. The smallest absolute Gasteiger partial charge is 0.0644 e. The van der Waals surface area contributed by atoms with Crippen molar-refractivity contribution in [2.24, 2.45) is 11.3 Å². The summed E-state index contributed by atoms with van der Waals surface area (Å²) in [7, 11) is 0. The van der Waals surface area contributed by atoms with E-state index in [9.17, 15) is 5.11 Å². The van der Waals surface area contributed by atoms with Gasteiger partial charge < -0.3 is 5.11 Å². The van der Waals surface area contributed by atoms with Gasteiger partial charge in [-0.15, -0.1) is 0 Å². The summed E-state index contributed by atoms with van der Waals surface area (Å²) in [5.41, 5.74) is -0.584. The van der Waals surface area contributed by atoms with Crippen LogP contribution < -0.4 is 0 Å². The minimum absolute atomic E-state index is 0.000736. The van der Waals surface area contributed by atoms with E-state index < -0.39 is 5.60 Å². The normalized spacial score (nSPS) is 15.6. The average Bonchev–Trinajstić information content (AvgIpc) is 2.02. The second kappa shape index (κ2) is 5.16. The highest BCUT2D eigenvalue weighted by Gasteiger charge is 2.39. The van der Waals surface area contributed by atoms with Crippen LogP contribution in [0.2, 0.25) is 0 Å². The predicted molar refractivity (Wildman–Crippen MR) is 63.4 cm³/mol. The van der Waals surface area contributed by atoms with Crippen molar-refractivity contribution in [2.45, 2.75) is 72.8 Å². The van der Waals surface area contributed by atoms with Gasteiger partial charge in [-0.1, -0.05) is 53.4 Å². The summed E-state index contributed by atoms with van der Waals surface area (Å²) >= 11 is 0. The van der Waals surface area contributed by atoms with Crippen molar-refractivity contribution < 1.29 is 5.11 Å². The van der Waals surface area contributed by atoms with E-state index in [0.29, 0.717) is 5.92 Å². The molecule has 0 aromatic carbocycles. The minimum Gasteiger partial charge on any atom is -0.390 e. The molecule has 1 nitrogen and oxygen atoms in total. The maximum Gasteiger partial charge on any atom is 0.0644 e. The van der Waals surface area contributed by atoms with E-state index in [-0.39, 0.29) is 5.41 Å². The molecular weight excluding hydrogens is 172 g/mol. The van der Waals surface area contributed by atoms with Gasteiger partial charge in [0, 0.05) is 0 Å². The molecule has 0 aromatic rings. The fraction of sp³-hybridized carbons (Fsp3) is 1.00. The minimum atomic E-state index is -0.585.